The number of hydrogen-bond donors (Lipinski definition) is 0. The van der Waals surface area contributed by atoms with Gasteiger partial charge in [0.25, 0.3) is 0 Å². The minimum atomic E-state index is 0.465. The van der Waals surface area contributed by atoms with Crippen molar-refractivity contribution in [2.45, 2.75) is 4.90 Å². The van der Waals surface area contributed by atoms with E-state index in [0.29, 0.717) is 5.69 Å². The van der Waals surface area contributed by atoms with Crippen molar-refractivity contribution in [3.63, 3.8) is 0 Å². The van der Waals surface area contributed by atoms with Crippen molar-refractivity contribution >= 4 is 11.8 Å². The molecule has 0 aromatic carbocycles. The largest absolute Gasteiger partial charge is 0.256 e. The predicted molar refractivity (Wildman–Crippen MR) is 64.0 cm³/mol. The Morgan fingerprint density at radius 1 is 1.31 bits per heavy atom. The van der Waals surface area contributed by atoms with Crippen LogP contribution in [0.1, 0.15) is 5.69 Å². The Hall–Kier alpha value is -1.86. The quantitative estimate of drug-likeness (QED) is 0.740. The minimum absolute atomic E-state index is 0.465. The highest BCUT2D eigenvalue weighted by Crippen LogP contribution is 2.24. The van der Waals surface area contributed by atoms with Gasteiger partial charge in [0.2, 0.25) is 0 Å². The molecular formula is C12H9N3S. The molecule has 3 nitrogen and oxygen atoms in total. The van der Waals surface area contributed by atoms with Crippen LogP contribution in [-0.2, 0) is 0 Å². The zero-order valence-electron chi connectivity index (χ0n) is 8.71. The summed E-state index contributed by atoms with van der Waals surface area (Å²) in [6.45, 7) is 0. The summed E-state index contributed by atoms with van der Waals surface area (Å²) < 4.78 is 0. The zero-order chi connectivity index (χ0) is 11.4. The van der Waals surface area contributed by atoms with Gasteiger partial charge in [-0.3, -0.25) is 4.98 Å². The Labute approximate surface area is 98.2 Å². The van der Waals surface area contributed by atoms with Crippen LogP contribution in [0.15, 0.2) is 41.6 Å². The highest BCUT2D eigenvalue weighted by atomic mass is 32.2. The van der Waals surface area contributed by atoms with Crippen LogP contribution in [0.3, 0.4) is 0 Å². The molecule has 0 amide bonds. The molecule has 0 saturated carbocycles. The first kappa shape index (κ1) is 10.7. The topological polar surface area (TPSA) is 49.6 Å². The standard InChI is InChI=1S/C12H9N3S/c1-16-12-6-9(8-15-11(12)7-13)10-4-2-3-5-14-10/h2-6,8H,1H3. The van der Waals surface area contributed by atoms with E-state index >= 15 is 0 Å². The maximum Gasteiger partial charge on any atom is 0.154 e. The fourth-order valence-electron chi connectivity index (χ4n) is 1.36. The fourth-order valence-corrected chi connectivity index (χ4v) is 1.89. The molecule has 0 aliphatic rings. The van der Waals surface area contributed by atoms with E-state index in [0.717, 1.165) is 16.2 Å². The van der Waals surface area contributed by atoms with Gasteiger partial charge >= 0.3 is 0 Å². The predicted octanol–water partition coefficient (Wildman–Crippen LogP) is 2.74. The van der Waals surface area contributed by atoms with E-state index in [9.17, 15) is 0 Å². The zero-order valence-corrected chi connectivity index (χ0v) is 9.53. The van der Waals surface area contributed by atoms with Gasteiger partial charge in [0.1, 0.15) is 6.07 Å². The minimum Gasteiger partial charge on any atom is -0.256 e. The van der Waals surface area contributed by atoms with Crippen LogP contribution < -0.4 is 0 Å². The van der Waals surface area contributed by atoms with E-state index in [1.54, 1.807) is 12.4 Å². The average molecular weight is 227 g/mol. The van der Waals surface area contributed by atoms with Gasteiger partial charge in [0.15, 0.2) is 5.69 Å². The third-order valence-corrected chi connectivity index (χ3v) is 2.89. The van der Waals surface area contributed by atoms with Crippen LogP contribution in [0.4, 0.5) is 0 Å². The van der Waals surface area contributed by atoms with E-state index in [1.165, 1.54) is 11.8 Å². The Morgan fingerprint density at radius 3 is 2.81 bits per heavy atom. The van der Waals surface area contributed by atoms with E-state index in [2.05, 4.69) is 16.0 Å². The molecule has 0 bridgehead atoms. The molecule has 4 heteroatoms. The normalized spacial score (nSPS) is 9.75. The van der Waals surface area contributed by atoms with Gasteiger partial charge in [-0.05, 0) is 24.5 Å². The fraction of sp³-hybridized carbons (Fsp3) is 0.0833. The molecule has 0 saturated heterocycles. The molecule has 2 aromatic rings. The first-order chi connectivity index (χ1) is 7.85. The van der Waals surface area contributed by atoms with Crippen molar-refractivity contribution in [3.05, 3.63) is 42.4 Å². The molecule has 0 fully saturated rings. The molecule has 0 N–H and O–H groups in total. The summed E-state index contributed by atoms with van der Waals surface area (Å²) in [4.78, 5) is 9.25. The molecule has 0 atom stereocenters. The second-order valence-corrected chi connectivity index (χ2v) is 3.95. The lowest BCUT2D eigenvalue weighted by molar-refractivity contribution is 1.17. The third kappa shape index (κ3) is 2.05. The van der Waals surface area contributed by atoms with Crippen molar-refractivity contribution in [3.8, 4) is 17.3 Å². The van der Waals surface area contributed by atoms with Crippen LogP contribution in [0.5, 0.6) is 0 Å². The van der Waals surface area contributed by atoms with Crippen molar-refractivity contribution < 1.29 is 0 Å². The summed E-state index contributed by atoms with van der Waals surface area (Å²) in [5, 5.41) is 8.87. The molecule has 2 aromatic heterocycles. The van der Waals surface area contributed by atoms with E-state index in [4.69, 9.17) is 5.26 Å². The van der Waals surface area contributed by atoms with Crippen LogP contribution in [0.2, 0.25) is 0 Å². The van der Waals surface area contributed by atoms with Crippen molar-refractivity contribution in [1.82, 2.24) is 9.97 Å². The van der Waals surface area contributed by atoms with Crippen LogP contribution in [0.25, 0.3) is 11.3 Å². The lowest BCUT2D eigenvalue weighted by Gasteiger charge is -2.03. The van der Waals surface area contributed by atoms with Crippen LogP contribution in [0, 0.1) is 11.3 Å². The summed E-state index contributed by atoms with van der Waals surface area (Å²) in [6, 6.07) is 9.74. The van der Waals surface area contributed by atoms with Gasteiger partial charge in [0.05, 0.1) is 5.69 Å². The molecule has 0 spiro atoms. The number of rotatable bonds is 2. The van der Waals surface area contributed by atoms with Gasteiger partial charge in [0, 0.05) is 22.9 Å². The Kier molecular flexibility index (Phi) is 3.18. The molecule has 16 heavy (non-hydrogen) atoms. The SMILES string of the molecule is CSc1cc(-c2ccccn2)cnc1C#N. The summed E-state index contributed by atoms with van der Waals surface area (Å²) in [6.07, 6.45) is 5.35. The van der Waals surface area contributed by atoms with E-state index < -0.39 is 0 Å². The van der Waals surface area contributed by atoms with Crippen LogP contribution >= 0.6 is 11.8 Å². The monoisotopic (exact) mass is 227 g/mol. The van der Waals surface area contributed by atoms with Gasteiger partial charge in [-0.15, -0.1) is 11.8 Å². The van der Waals surface area contributed by atoms with Crippen molar-refractivity contribution in [2.75, 3.05) is 6.26 Å². The Balaban J connectivity index is 2.49. The second-order valence-electron chi connectivity index (χ2n) is 3.10. The molecule has 0 unspecified atom stereocenters. The molecule has 0 aliphatic heterocycles. The van der Waals surface area contributed by atoms with E-state index in [1.807, 2.05) is 30.5 Å². The third-order valence-electron chi connectivity index (χ3n) is 2.14. The van der Waals surface area contributed by atoms with Gasteiger partial charge in [-0.2, -0.15) is 5.26 Å². The molecule has 0 radical (unpaired) electrons. The molecule has 0 aliphatic carbocycles. The molecule has 78 valence electrons. The second kappa shape index (κ2) is 4.77. The lowest BCUT2D eigenvalue weighted by atomic mass is 10.2. The number of hydrogen-bond acceptors (Lipinski definition) is 4. The van der Waals surface area contributed by atoms with Gasteiger partial charge in [-0.1, -0.05) is 6.07 Å². The Bertz CT molecular complexity index is 532. The van der Waals surface area contributed by atoms with Crippen molar-refractivity contribution in [1.29, 1.82) is 5.26 Å². The molecule has 2 heterocycles. The Morgan fingerprint density at radius 2 is 2.19 bits per heavy atom. The maximum absolute atomic E-state index is 8.87. The maximum atomic E-state index is 8.87. The van der Waals surface area contributed by atoms with Crippen LogP contribution in [-0.4, -0.2) is 16.2 Å². The first-order valence-corrected chi connectivity index (χ1v) is 5.93. The number of nitrogens with zero attached hydrogens (tertiary/aromatic N) is 3. The van der Waals surface area contributed by atoms with E-state index in [-0.39, 0.29) is 0 Å². The summed E-state index contributed by atoms with van der Waals surface area (Å²) in [5.74, 6) is 0. The van der Waals surface area contributed by atoms with Crippen molar-refractivity contribution in [2.24, 2.45) is 0 Å². The molecular weight excluding hydrogens is 218 g/mol. The summed E-state index contributed by atoms with van der Waals surface area (Å²) in [7, 11) is 0. The molecule has 2 rings (SSSR count). The van der Waals surface area contributed by atoms with Gasteiger partial charge < -0.3 is 0 Å². The number of aromatic nitrogens is 2. The highest BCUT2D eigenvalue weighted by Gasteiger charge is 2.05. The lowest BCUT2D eigenvalue weighted by Crippen LogP contribution is -1.89. The summed E-state index contributed by atoms with van der Waals surface area (Å²) >= 11 is 1.52. The first-order valence-electron chi connectivity index (χ1n) is 4.70. The highest BCUT2D eigenvalue weighted by molar-refractivity contribution is 7.98. The average Bonchev–Trinajstić information content (AvgIpc) is 2.39. The number of nitriles is 1. The number of pyridine rings is 2. The smallest absolute Gasteiger partial charge is 0.154 e. The summed E-state index contributed by atoms with van der Waals surface area (Å²) in [5.41, 5.74) is 2.27. The number of thioether (sulfide) groups is 1. The van der Waals surface area contributed by atoms with Gasteiger partial charge in [-0.25, -0.2) is 4.98 Å².